The number of rotatable bonds is 8. The van der Waals surface area contributed by atoms with Crippen LogP contribution in [0.15, 0.2) is 91.0 Å². The van der Waals surface area contributed by atoms with Crippen molar-refractivity contribution >= 4 is 34.1 Å². The Hall–Kier alpha value is -3.35. The lowest BCUT2D eigenvalue weighted by Crippen LogP contribution is -3.00. The normalized spacial score (nSPS) is 16.2. The van der Waals surface area contributed by atoms with Gasteiger partial charge in [-0.25, -0.2) is 0 Å². The Bertz CT molecular complexity index is 1620. The molecule has 0 fully saturated rings. The van der Waals surface area contributed by atoms with E-state index in [2.05, 4.69) is 46.7 Å². The summed E-state index contributed by atoms with van der Waals surface area (Å²) in [5.74, 6) is 2.09. The van der Waals surface area contributed by atoms with E-state index in [1.807, 2.05) is 48.5 Å². The van der Waals surface area contributed by atoms with Gasteiger partial charge in [0.2, 0.25) is 0 Å². The summed E-state index contributed by atoms with van der Waals surface area (Å²) in [7, 11) is 1.66. The first-order chi connectivity index (χ1) is 19.1. The van der Waals surface area contributed by atoms with Gasteiger partial charge in [0.25, 0.3) is 0 Å². The van der Waals surface area contributed by atoms with E-state index in [4.69, 9.17) is 37.4 Å². The molecular weight excluding hydrogens is 567 g/mol. The van der Waals surface area contributed by atoms with Crippen LogP contribution in [0.3, 0.4) is 0 Å². The van der Waals surface area contributed by atoms with Crippen LogP contribution in [0.1, 0.15) is 34.3 Å². The van der Waals surface area contributed by atoms with Gasteiger partial charge in [0.1, 0.15) is 19.0 Å². The first kappa shape index (κ1) is 28.2. The Morgan fingerprint density at radius 3 is 2.25 bits per heavy atom. The van der Waals surface area contributed by atoms with Gasteiger partial charge in [-0.15, -0.1) is 0 Å². The van der Waals surface area contributed by atoms with Crippen molar-refractivity contribution < 1.29 is 26.6 Å². The third kappa shape index (κ3) is 5.48. The van der Waals surface area contributed by atoms with Crippen molar-refractivity contribution in [2.45, 2.75) is 12.0 Å². The summed E-state index contributed by atoms with van der Waals surface area (Å²) in [5, 5.41) is 6.33. The molecule has 2 heterocycles. The number of methoxy groups -OCH3 is 1. The second kappa shape index (κ2) is 12.4. The summed E-state index contributed by atoms with van der Waals surface area (Å²) >= 11 is 12.8. The number of fused-ring (bicyclic) bond motifs is 3. The van der Waals surface area contributed by atoms with Crippen molar-refractivity contribution in [3.05, 3.63) is 123 Å². The minimum absolute atomic E-state index is 0. The van der Waals surface area contributed by atoms with Crippen LogP contribution in [0.4, 0.5) is 0 Å². The van der Waals surface area contributed by atoms with Crippen LogP contribution in [0.2, 0.25) is 10.0 Å². The molecule has 5 aromatic rings. The molecule has 2 unspecified atom stereocenters. The standard InChI is InChI=1S/C32H28Cl2N2O3.ClH/c1-37-29-18-20(14-15-28(29)39-17-16-38-27-13-7-5-11-25(27)34)31-32-30(22-9-3-6-12-26(22)36-32)23(19-35-31)21-8-2-4-10-24(21)33;/h2-15,18,23,31,35-36H,16-17,19H2,1H3;1H/p-1. The zero-order valence-corrected chi connectivity index (χ0v) is 24.1. The minimum Gasteiger partial charge on any atom is -1.00 e. The highest BCUT2D eigenvalue weighted by Crippen LogP contribution is 2.44. The van der Waals surface area contributed by atoms with Crippen LogP contribution in [-0.2, 0) is 0 Å². The van der Waals surface area contributed by atoms with Gasteiger partial charge in [0.15, 0.2) is 11.5 Å². The predicted molar refractivity (Wildman–Crippen MR) is 157 cm³/mol. The van der Waals surface area contributed by atoms with Gasteiger partial charge in [-0.1, -0.05) is 77.8 Å². The molecule has 1 aliphatic heterocycles. The molecule has 0 bridgehead atoms. The van der Waals surface area contributed by atoms with E-state index in [0.717, 1.165) is 33.9 Å². The molecule has 0 saturated carbocycles. The highest BCUT2D eigenvalue weighted by molar-refractivity contribution is 6.32. The Kier molecular flexibility index (Phi) is 8.77. The molecule has 5 nitrogen and oxygen atoms in total. The number of aromatic amines is 1. The van der Waals surface area contributed by atoms with Gasteiger partial charge in [0.05, 0.1) is 18.2 Å². The van der Waals surface area contributed by atoms with Crippen LogP contribution in [0.5, 0.6) is 17.2 Å². The summed E-state index contributed by atoms with van der Waals surface area (Å²) in [6.45, 7) is 1.47. The number of para-hydroxylation sites is 2. The van der Waals surface area contributed by atoms with Crippen molar-refractivity contribution in [2.24, 2.45) is 0 Å². The molecule has 1 aromatic heterocycles. The summed E-state index contributed by atoms with van der Waals surface area (Å²) in [4.78, 5) is 3.69. The van der Waals surface area contributed by atoms with Crippen molar-refractivity contribution in [2.75, 3.05) is 26.9 Å². The molecule has 0 aliphatic carbocycles. The number of aromatic nitrogens is 1. The lowest BCUT2D eigenvalue weighted by atomic mass is 9.83. The van der Waals surface area contributed by atoms with Crippen molar-refractivity contribution in [3.8, 4) is 17.2 Å². The maximum absolute atomic E-state index is 6.66. The SMILES string of the molecule is COc1cc(C2NCC(c3ccccc3Cl)c3c2[nH]c2ccccc32)ccc1OCCOc1ccccc1Cl.[Cl-]. The zero-order chi connectivity index (χ0) is 26.8. The van der Waals surface area contributed by atoms with Crippen molar-refractivity contribution in [3.63, 3.8) is 0 Å². The van der Waals surface area contributed by atoms with E-state index < -0.39 is 0 Å². The quantitative estimate of drug-likeness (QED) is 0.254. The fourth-order valence-corrected chi connectivity index (χ4v) is 5.84. The number of ether oxygens (including phenoxy) is 3. The summed E-state index contributed by atoms with van der Waals surface area (Å²) in [6, 6.07) is 30.0. The smallest absolute Gasteiger partial charge is 0.161 e. The molecule has 2 N–H and O–H groups in total. The van der Waals surface area contributed by atoms with E-state index in [0.29, 0.717) is 35.5 Å². The van der Waals surface area contributed by atoms with Gasteiger partial charge < -0.3 is 36.9 Å². The molecule has 0 amide bonds. The number of benzene rings is 4. The van der Waals surface area contributed by atoms with Crippen LogP contribution < -0.4 is 31.9 Å². The number of halogens is 3. The van der Waals surface area contributed by atoms with E-state index in [1.54, 1.807) is 13.2 Å². The number of hydrogen-bond donors (Lipinski definition) is 2. The fourth-order valence-electron chi connectivity index (χ4n) is 5.38. The predicted octanol–water partition coefficient (Wildman–Crippen LogP) is 4.77. The zero-order valence-electron chi connectivity index (χ0n) is 21.8. The molecule has 1 aliphatic rings. The van der Waals surface area contributed by atoms with Gasteiger partial charge in [-0.2, -0.15) is 0 Å². The second-order valence-electron chi connectivity index (χ2n) is 9.45. The highest BCUT2D eigenvalue weighted by Gasteiger charge is 2.33. The molecule has 0 radical (unpaired) electrons. The molecule has 40 heavy (non-hydrogen) atoms. The summed E-state index contributed by atoms with van der Waals surface area (Å²) < 4.78 is 17.5. The van der Waals surface area contributed by atoms with Gasteiger partial charge in [0, 0.05) is 34.1 Å². The minimum atomic E-state index is -0.0438. The molecule has 0 spiro atoms. The average molecular weight is 595 g/mol. The van der Waals surface area contributed by atoms with Crippen molar-refractivity contribution in [1.29, 1.82) is 0 Å². The maximum atomic E-state index is 6.66. The molecule has 8 heteroatoms. The molecular formula is C32H28Cl3N2O3-. The number of H-pyrrole nitrogens is 1. The first-order valence-electron chi connectivity index (χ1n) is 12.9. The Balaban J connectivity index is 0.00000323. The van der Waals surface area contributed by atoms with Crippen LogP contribution >= 0.6 is 23.2 Å². The monoisotopic (exact) mass is 593 g/mol. The molecule has 206 valence electrons. The summed E-state index contributed by atoms with van der Waals surface area (Å²) in [6.07, 6.45) is 0. The van der Waals surface area contributed by atoms with E-state index in [-0.39, 0.29) is 24.4 Å². The first-order valence-corrected chi connectivity index (χ1v) is 13.7. The van der Waals surface area contributed by atoms with E-state index in [1.165, 1.54) is 10.9 Å². The van der Waals surface area contributed by atoms with E-state index in [9.17, 15) is 0 Å². The van der Waals surface area contributed by atoms with Gasteiger partial charge >= 0.3 is 0 Å². The largest absolute Gasteiger partial charge is 1.00 e. The van der Waals surface area contributed by atoms with Gasteiger partial charge in [-0.3, -0.25) is 0 Å². The maximum Gasteiger partial charge on any atom is 0.161 e. The lowest BCUT2D eigenvalue weighted by molar-refractivity contribution is -0.00000839. The third-order valence-electron chi connectivity index (χ3n) is 7.18. The molecule has 2 atom stereocenters. The molecule has 0 saturated heterocycles. The van der Waals surface area contributed by atoms with Crippen LogP contribution in [0.25, 0.3) is 10.9 Å². The van der Waals surface area contributed by atoms with Gasteiger partial charge in [-0.05, 0) is 53.1 Å². The lowest BCUT2D eigenvalue weighted by Gasteiger charge is -2.32. The fraction of sp³-hybridized carbons (Fsp3) is 0.188. The molecule has 4 aromatic carbocycles. The van der Waals surface area contributed by atoms with E-state index >= 15 is 0 Å². The average Bonchev–Trinajstić information content (AvgIpc) is 3.36. The highest BCUT2D eigenvalue weighted by atomic mass is 35.5. The Morgan fingerprint density at radius 1 is 0.775 bits per heavy atom. The third-order valence-corrected chi connectivity index (χ3v) is 7.83. The van der Waals surface area contributed by atoms with Crippen molar-refractivity contribution in [1.82, 2.24) is 10.3 Å². The topological polar surface area (TPSA) is 55.5 Å². The summed E-state index contributed by atoms with van der Waals surface area (Å²) in [5.41, 5.74) is 5.72. The Morgan fingerprint density at radius 2 is 1.48 bits per heavy atom. The number of nitrogens with one attached hydrogen (secondary N) is 2. The number of hydrogen-bond acceptors (Lipinski definition) is 4. The van der Waals surface area contributed by atoms with Crippen LogP contribution in [0, 0.1) is 0 Å². The second-order valence-corrected chi connectivity index (χ2v) is 10.3. The van der Waals surface area contributed by atoms with Crippen LogP contribution in [-0.4, -0.2) is 31.9 Å². The molecule has 6 rings (SSSR count). The Labute approximate surface area is 249 Å².